The van der Waals surface area contributed by atoms with E-state index in [2.05, 4.69) is 25.9 Å². The Morgan fingerprint density at radius 3 is 2.80 bits per heavy atom. The maximum atomic E-state index is 14.3. The minimum Gasteiger partial charge on any atom is -0.393 e. The molecule has 1 aromatic heterocycles. The lowest BCUT2D eigenvalue weighted by atomic mass is 9.93. The van der Waals surface area contributed by atoms with Gasteiger partial charge in [0.15, 0.2) is 5.82 Å². The maximum Gasteiger partial charge on any atom is 0.257 e. The van der Waals surface area contributed by atoms with Gasteiger partial charge in [-0.05, 0) is 24.3 Å². The molecule has 2 aromatic rings. The first kappa shape index (κ1) is 19.8. The predicted molar refractivity (Wildman–Crippen MR) is 115 cm³/mol. The molecule has 1 aliphatic carbocycles. The number of piperazine rings is 1. The Kier molecular flexibility index (Phi) is 5.37. The summed E-state index contributed by atoms with van der Waals surface area (Å²) in [5.41, 5.74) is 2.49. The van der Waals surface area contributed by atoms with Crippen LogP contribution in [0, 0.1) is 11.2 Å². The van der Waals surface area contributed by atoms with Crippen LogP contribution in [-0.4, -0.2) is 59.5 Å². The first-order valence-corrected chi connectivity index (χ1v) is 9.77. The summed E-state index contributed by atoms with van der Waals surface area (Å²) < 4.78 is 15.9. The second-order valence-electron chi connectivity index (χ2n) is 7.24. The van der Waals surface area contributed by atoms with Gasteiger partial charge in [-0.15, -0.1) is 0 Å². The second kappa shape index (κ2) is 8.11. The molecule has 4 N–H and O–H groups in total. The van der Waals surface area contributed by atoms with Crippen LogP contribution in [0.25, 0.3) is 10.9 Å². The van der Waals surface area contributed by atoms with Gasteiger partial charge in [-0.2, -0.15) is 5.10 Å². The van der Waals surface area contributed by atoms with Gasteiger partial charge in [-0.25, -0.2) is 4.39 Å². The SMILES string of the molecule is CN/C=C1\C(=N)C(C(=O)Nc2cc(F)c3nn(C)cc3c2)=CC=C1N1CCNCC1. The number of fused-ring (bicyclic) bond motifs is 1. The highest BCUT2D eigenvalue weighted by Crippen LogP contribution is 2.27. The summed E-state index contributed by atoms with van der Waals surface area (Å²) in [6.45, 7) is 3.41. The van der Waals surface area contributed by atoms with Crippen LogP contribution in [0.5, 0.6) is 0 Å². The number of nitrogens with zero attached hydrogens (tertiary/aromatic N) is 3. The van der Waals surface area contributed by atoms with E-state index in [1.165, 1.54) is 10.7 Å². The first-order chi connectivity index (χ1) is 14.5. The van der Waals surface area contributed by atoms with Crippen molar-refractivity contribution >= 4 is 28.2 Å². The Hall–Kier alpha value is -3.46. The van der Waals surface area contributed by atoms with Gasteiger partial charge in [0.1, 0.15) is 5.52 Å². The van der Waals surface area contributed by atoms with Crippen LogP contribution < -0.4 is 16.0 Å². The summed E-state index contributed by atoms with van der Waals surface area (Å²) in [6.07, 6.45) is 6.94. The molecule has 1 aliphatic heterocycles. The van der Waals surface area contributed by atoms with Gasteiger partial charge in [0.2, 0.25) is 0 Å². The number of benzene rings is 1. The normalized spacial score (nSPS) is 18.4. The van der Waals surface area contributed by atoms with Gasteiger partial charge in [-0.1, -0.05) is 0 Å². The highest BCUT2D eigenvalue weighted by atomic mass is 19.1. The van der Waals surface area contributed by atoms with Crippen molar-refractivity contribution in [1.29, 1.82) is 5.41 Å². The molecular formula is C21H24FN7O. The molecule has 0 atom stereocenters. The molecule has 1 saturated heterocycles. The number of hydrogen-bond donors (Lipinski definition) is 4. The van der Waals surface area contributed by atoms with Crippen LogP contribution in [0.15, 0.2) is 53.5 Å². The minimum absolute atomic E-state index is 0.126. The van der Waals surface area contributed by atoms with Gasteiger partial charge in [0.25, 0.3) is 5.91 Å². The van der Waals surface area contributed by atoms with Gasteiger partial charge < -0.3 is 20.9 Å². The molecule has 0 radical (unpaired) electrons. The van der Waals surface area contributed by atoms with Crippen molar-refractivity contribution < 1.29 is 9.18 Å². The fourth-order valence-corrected chi connectivity index (χ4v) is 3.75. The molecule has 9 heteroatoms. The second-order valence-corrected chi connectivity index (χ2v) is 7.24. The third-order valence-electron chi connectivity index (χ3n) is 5.15. The van der Waals surface area contributed by atoms with E-state index in [-0.39, 0.29) is 16.8 Å². The first-order valence-electron chi connectivity index (χ1n) is 9.77. The Labute approximate surface area is 173 Å². The van der Waals surface area contributed by atoms with Crippen LogP contribution >= 0.6 is 0 Å². The Morgan fingerprint density at radius 2 is 2.07 bits per heavy atom. The van der Waals surface area contributed by atoms with Gasteiger partial charge in [-0.3, -0.25) is 14.9 Å². The van der Waals surface area contributed by atoms with E-state index in [4.69, 9.17) is 5.41 Å². The highest BCUT2D eigenvalue weighted by Gasteiger charge is 2.27. The zero-order valence-electron chi connectivity index (χ0n) is 16.9. The molecule has 156 valence electrons. The number of aromatic nitrogens is 2. The highest BCUT2D eigenvalue weighted by molar-refractivity contribution is 6.31. The summed E-state index contributed by atoms with van der Waals surface area (Å²) in [7, 11) is 3.48. The van der Waals surface area contributed by atoms with E-state index >= 15 is 0 Å². The summed E-state index contributed by atoms with van der Waals surface area (Å²) in [5, 5.41) is 22.3. The van der Waals surface area contributed by atoms with E-state index in [0.717, 1.165) is 31.9 Å². The van der Waals surface area contributed by atoms with Crippen LogP contribution in [0.2, 0.25) is 0 Å². The van der Waals surface area contributed by atoms with Crippen molar-refractivity contribution in [1.82, 2.24) is 25.3 Å². The number of rotatable bonds is 4. The molecule has 0 unspecified atom stereocenters. The lowest BCUT2D eigenvalue weighted by molar-refractivity contribution is -0.112. The molecule has 1 aromatic carbocycles. The largest absolute Gasteiger partial charge is 0.393 e. The van der Waals surface area contributed by atoms with Crippen molar-refractivity contribution in [3.05, 3.63) is 59.3 Å². The number of carbonyl (C=O) groups excluding carboxylic acids is 1. The maximum absolute atomic E-state index is 14.3. The van der Waals surface area contributed by atoms with E-state index in [0.29, 0.717) is 16.6 Å². The molecule has 2 heterocycles. The van der Waals surface area contributed by atoms with Crippen LogP contribution in [-0.2, 0) is 11.8 Å². The smallest absolute Gasteiger partial charge is 0.257 e. The fourth-order valence-electron chi connectivity index (χ4n) is 3.75. The van der Waals surface area contributed by atoms with Crippen molar-refractivity contribution in [3.63, 3.8) is 0 Å². The quantitative estimate of drug-likeness (QED) is 0.614. The Morgan fingerprint density at radius 1 is 1.30 bits per heavy atom. The Balaban J connectivity index is 1.61. The molecule has 0 spiro atoms. The molecule has 30 heavy (non-hydrogen) atoms. The average molecular weight is 409 g/mol. The van der Waals surface area contributed by atoms with Crippen molar-refractivity contribution in [2.45, 2.75) is 0 Å². The van der Waals surface area contributed by atoms with Crippen molar-refractivity contribution in [2.75, 3.05) is 38.5 Å². The third-order valence-corrected chi connectivity index (χ3v) is 5.15. The standard InChI is InChI=1S/C21H24FN7O/c1-24-11-16-18(29-7-5-25-6-8-29)4-3-15(19(16)23)21(30)26-14-9-13-12-28(2)27-20(13)17(22)10-14/h3-4,9-12,23-25H,5-8H2,1-2H3,(H,26,30)/b16-11-,23-19?. The molecular weight excluding hydrogens is 385 g/mol. The number of halogens is 1. The summed E-state index contributed by atoms with van der Waals surface area (Å²) in [5.74, 6) is -0.965. The third kappa shape index (κ3) is 3.71. The van der Waals surface area contributed by atoms with E-state index in [1.807, 2.05) is 6.08 Å². The predicted octanol–water partition coefficient (Wildman–Crippen LogP) is 1.50. The van der Waals surface area contributed by atoms with Crippen LogP contribution in [0.4, 0.5) is 10.1 Å². The lowest BCUT2D eigenvalue weighted by Crippen LogP contribution is -2.44. The number of carbonyl (C=O) groups is 1. The Bertz CT molecular complexity index is 1110. The molecule has 8 nitrogen and oxygen atoms in total. The van der Waals surface area contributed by atoms with E-state index in [1.54, 1.807) is 38.6 Å². The number of anilines is 1. The number of amides is 1. The van der Waals surface area contributed by atoms with Crippen LogP contribution in [0.3, 0.4) is 0 Å². The van der Waals surface area contributed by atoms with Gasteiger partial charge >= 0.3 is 0 Å². The summed E-state index contributed by atoms with van der Waals surface area (Å²) in [6, 6.07) is 2.91. The number of allylic oxidation sites excluding steroid dienone is 3. The fraction of sp³-hybridized carbons (Fsp3) is 0.286. The van der Waals surface area contributed by atoms with E-state index < -0.39 is 11.7 Å². The molecule has 1 amide bonds. The molecule has 4 rings (SSSR count). The number of nitrogens with one attached hydrogen (secondary N) is 4. The zero-order valence-corrected chi connectivity index (χ0v) is 16.9. The summed E-state index contributed by atoms with van der Waals surface area (Å²) in [4.78, 5) is 15.1. The van der Waals surface area contributed by atoms with Gasteiger partial charge in [0.05, 0.1) is 11.3 Å². The zero-order chi connectivity index (χ0) is 21.3. The molecule has 1 fully saturated rings. The lowest BCUT2D eigenvalue weighted by Gasteiger charge is -2.34. The summed E-state index contributed by atoms with van der Waals surface area (Å²) >= 11 is 0. The molecule has 0 saturated carbocycles. The van der Waals surface area contributed by atoms with Crippen molar-refractivity contribution in [3.8, 4) is 0 Å². The number of aryl methyl sites for hydroxylation is 1. The minimum atomic E-state index is -0.507. The monoisotopic (exact) mass is 409 g/mol. The van der Waals surface area contributed by atoms with Crippen LogP contribution in [0.1, 0.15) is 0 Å². The van der Waals surface area contributed by atoms with E-state index in [9.17, 15) is 9.18 Å². The van der Waals surface area contributed by atoms with Gasteiger partial charge in [0, 0.05) is 75.0 Å². The molecule has 0 bridgehead atoms. The van der Waals surface area contributed by atoms with Crippen molar-refractivity contribution in [2.24, 2.45) is 7.05 Å². The topological polar surface area (TPSA) is 98.1 Å². The number of hydrogen-bond acceptors (Lipinski definition) is 6. The average Bonchev–Trinajstić information content (AvgIpc) is 3.11. The molecule has 2 aliphatic rings.